The number of amides is 3. The summed E-state index contributed by atoms with van der Waals surface area (Å²) >= 11 is 0. The van der Waals surface area contributed by atoms with Crippen LogP contribution >= 0.6 is 0 Å². The summed E-state index contributed by atoms with van der Waals surface area (Å²) in [7, 11) is 1.16. The first-order valence-electron chi connectivity index (χ1n) is 11.9. The number of rotatable bonds is 11. The van der Waals surface area contributed by atoms with Gasteiger partial charge in [0.2, 0.25) is 0 Å². The molecule has 3 N–H and O–H groups in total. The molecule has 0 aliphatic rings. The molecule has 0 rings (SSSR count). The summed E-state index contributed by atoms with van der Waals surface area (Å²) in [6, 6.07) is -2.13. The largest absolute Gasteiger partial charge is 0.468 e. The maximum Gasteiger partial charge on any atom is 0.408 e. The predicted molar refractivity (Wildman–Crippen MR) is 131 cm³/mol. The average molecular weight is 518 g/mol. The van der Waals surface area contributed by atoms with Crippen molar-refractivity contribution in [2.24, 2.45) is 5.92 Å². The van der Waals surface area contributed by atoms with Gasteiger partial charge in [0.15, 0.2) is 6.10 Å². The standard InChI is InChI=1S/C24H43N3O9/c1-11-15(26-21(31)35-23(4,5)6)18(19(29)25-13-17(28)33-10)34-20(30)16(12-14(2)3)27-22(32)36-24(7,8)9/h14-16,18H,11-13H2,1-10H3,(H,25,29)(H,26,31)(H,27,32)/t15-,16-,18?/m0/s1. The van der Waals surface area contributed by atoms with Crippen LogP contribution in [0.1, 0.15) is 75.2 Å². The lowest BCUT2D eigenvalue weighted by atomic mass is 10.0. The van der Waals surface area contributed by atoms with Crippen LogP contribution in [0.25, 0.3) is 0 Å². The minimum absolute atomic E-state index is 0.0223. The van der Waals surface area contributed by atoms with E-state index in [4.69, 9.17) is 14.2 Å². The SMILES string of the molecule is CC[C@H](NC(=O)OC(C)(C)C)C(OC(=O)[C@H](CC(C)C)NC(=O)OC(C)(C)C)C(=O)NCC(=O)OC. The quantitative estimate of drug-likeness (QED) is 0.276. The van der Waals surface area contributed by atoms with Crippen molar-refractivity contribution in [3.05, 3.63) is 0 Å². The number of carbonyl (C=O) groups is 5. The highest BCUT2D eigenvalue weighted by atomic mass is 16.6. The number of esters is 2. The second-order valence-corrected chi connectivity index (χ2v) is 10.6. The third kappa shape index (κ3) is 14.4. The van der Waals surface area contributed by atoms with Gasteiger partial charge < -0.3 is 34.9 Å². The van der Waals surface area contributed by atoms with Crippen molar-refractivity contribution in [1.82, 2.24) is 16.0 Å². The molecule has 36 heavy (non-hydrogen) atoms. The van der Waals surface area contributed by atoms with Crippen molar-refractivity contribution in [3.8, 4) is 0 Å². The zero-order valence-corrected chi connectivity index (χ0v) is 23.1. The number of ether oxygens (including phenoxy) is 4. The second kappa shape index (κ2) is 14.5. The molecule has 0 spiro atoms. The Labute approximate surface area is 213 Å². The molecule has 0 aromatic heterocycles. The number of nitrogens with one attached hydrogen (secondary N) is 3. The van der Waals surface area contributed by atoms with Gasteiger partial charge in [-0.2, -0.15) is 0 Å². The minimum atomic E-state index is -1.53. The van der Waals surface area contributed by atoms with Gasteiger partial charge >= 0.3 is 24.1 Å². The van der Waals surface area contributed by atoms with Crippen LogP contribution in [0.2, 0.25) is 0 Å². The Balaban J connectivity index is 5.85. The zero-order chi connectivity index (χ0) is 28.3. The molecule has 0 bridgehead atoms. The van der Waals surface area contributed by atoms with Crippen molar-refractivity contribution in [2.75, 3.05) is 13.7 Å². The Morgan fingerprint density at radius 2 is 1.33 bits per heavy atom. The first-order valence-corrected chi connectivity index (χ1v) is 11.9. The van der Waals surface area contributed by atoms with E-state index in [0.717, 1.165) is 7.11 Å². The molecule has 12 heteroatoms. The first-order chi connectivity index (χ1) is 16.4. The smallest absolute Gasteiger partial charge is 0.408 e. The molecule has 0 radical (unpaired) electrons. The van der Waals surface area contributed by atoms with E-state index < -0.39 is 66.0 Å². The molecule has 12 nitrogen and oxygen atoms in total. The first kappa shape index (κ1) is 33.0. The number of alkyl carbamates (subject to hydrolysis) is 2. The summed E-state index contributed by atoms with van der Waals surface area (Å²) in [5, 5.41) is 7.35. The molecular formula is C24H43N3O9. The molecule has 0 saturated heterocycles. The van der Waals surface area contributed by atoms with Gasteiger partial charge in [0.05, 0.1) is 13.2 Å². The maximum absolute atomic E-state index is 13.1. The third-order valence-corrected chi connectivity index (χ3v) is 4.33. The van der Waals surface area contributed by atoms with Gasteiger partial charge in [-0.05, 0) is 60.3 Å². The molecule has 0 fully saturated rings. The van der Waals surface area contributed by atoms with Crippen LogP contribution in [0.5, 0.6) is 0 Å². The van der Waals surface area contributed by atoms with E-state index in [1.54, 1.807) is 48.5 Å². The molecule has 3 amide bonds. The fraction of sp³-hybridized carbons (Fsp3) is 0.792. The van der Waals surface area contributed by atoms with Gasteiger partial charge in [-0.25, -0.2) is 14.4 Å². The minimum Gasteiger partial charge on any atom is -0.468 e. The number of hydrogen-bond donors (Lipinski definition) is 3. The van der Waals surface area contributed by atoms with Crippen molar-refractivity contribution < 1.29 is 42.9 Å². The van der Waals surface area contributed by atoms with Gasteiger partial charge in [-0.1, -0.05) is 20.8 Å². The van der Waals surface area contributed by atoms with Crippen LogP contribution < -0.4 is 16.0 Å². The van der Waals surface area contributed by atoms with Gasteiger partial charge in [-0.3, -0.25) is 9.59 Å². The van der Waals surface area contributed by atoms with Crippen molar-refractivity contribution in [1.29, 1.82) is 0 Å². The molecule has 0 aliphatic heterocycles. The Kier molecular flexibility index (Phi) is 13.3. The van der Waals surface area contributed by atoms with Crippen LogP contribution in [-0.4, -0.2) is 73.1 Å². The lowest BCUT2D eigenvalue weighted by Crippen LogP contribution is -2.55. The van der Waals surface area contributed by atoms with E-state index in [1.807, 2.05) is 13.8 Å². The summed E-state index contributed by atoms with van der Waals surface area (Å²) in [6.07, 6.45) is -2.80. The van der Waals surface area contributed by atoms with Crippen molar-refractivity contribution in [3.63, 3.8) is 0 Å². The second-order valence-electron chi connectivity index (χ2n) is 10.6. The topological polar surface area (TPSA) is 158 Å². The molecular weight excluding hydrogens is 474 g/mol. The lowest BCUT2D eigenvalue weighted by molar-refractivity contribution is -0.160. The van der Waals surface area contributed by atoms with Gasteiger partial charge in [0.1, 0.15) is 23.8 Å². The molecule has 3 atom stereocenters. The number of methoxy groups -OCH3 is 1. The Bertz CT molecular complexity index is 770. The number of hydrogen-bond acceptors (Lipinski definition) is 9. The molecule has 0 saturated carbocycles. The summed E-state index contributed by atoms with van der Waals surface area (Å²) in [5.74, 6) is -2.48. The van der Waals surface area contributed by atoms with Crippen molar-refractivity contribution >= 4 is 30.0 Å². The van der Waals surface area contributed by atoms with Crippen molar-refractivity contribution in [2.45, 2.75) is 105 Å². The molecule has 0 heterocycles. The zero-order valence-electron chi connectivity index (χ0n) is 23.1. The van der Waals surface area contributed by atoms with Gasteiger partial charge in [-0.15, -0.1) is 0 Å². The van der Waals surface area contributed by atoms with E-state index in [1.165, 1.54) is 0 Å². The molecule has 0 aromatic rings. The fourth-order valence-electron chi connectivity index (χ4n) is 2.84. The molecule has 0 aromatic carbocycles. The highest BCUT2D eigenvalue weighted by Crippen LogP contribution is 2.14. The Morgan fingerprint density at radius 3 is 1.75 bits per heavy atom. The molecule has 0 aliphatic carbocycles. The monoisotopic (exact) mass is 517 g/mol. The van der Waals surface area contributed by atoms with Crippen LogP contribution in [0.3, 0.4) is 0 Å². The van der Waals surface area contributed by atoms with E-state index >= 15 is 0 Å². The third-order valence-electron chi connectivity index (χ3n) is 4.33. The normalized spacial score (nSPS) is 14.1. The Morgan fingerprint density at radius 1 is 0.833 bits per heavy atom. The van der Waals surface area contributed by atoms with Crippen LogP contribution in [-0.2, 0) is 33.3 Å². The van der Waals surface area contributed by atoms with Crippen LogP contribution in [0.4, 0.5) is 9.59 Å². The summed E-state index contributed by atoms with van der Waals surface area (Å²) in [4.78, 5) is 62.2. The van der Waals surface area contributed by atoms with E-state index in [9.17, 15) is 24.0 Å². The maximum atomic E-state index is 13.1. The van der Waals surface area contributed by atoms with E-state index in [2.05, 4.69) is 20.7 Å². The van der Waals surface area contributed by atoms with Crippen LogP contribution in [0.15, 0.2) is 0 Å². The van der Waals surface area contributed by atoms with Gasteiger partial charge in [0.25, 0.3) is 5.91 Å². The van der Waals surface area contributed by atoms with E-state index in [0.29, 0.717) is 0 Å². The predicted octanol–water partition coefficient (Wildman–Crippen LogP) is 2.43. The van der Waals surface area contributed by atoms with Crippen LogP contribution in [0, 0.1) is 5.92 Å². The molecule has 1 unspecified atom stereocenters. The number of carbonyl (C=O) groups excluding carboxylic acids is 5. The van der Waals surface area contributed by atoms with Gasteiger partial charge in [0, 0.05) is 0 Å². The Hall–Kier alpha value is -3.05. The summed E-state index contributed by atoms with van der Waals surface area (Å²) < 4.78 is 20.5. The highest BCUT2D eigenvalue weighted by Gasteiger charge is 2.36. The fourth-order valence-corrected chi connectivity index (χ4v) is 2.84. The average Bonchev–Trinajstić information content (AvgIpc) is 2.70. The van der Waals surface area contributed by atoms with E-state index in [-0.39, 0.29) is 18.8 Å². The summed E-state index contributed by atoms with van der Waals surface area (Å²) in [5.41, 5.74) is -1.60. The molecule has 208 valence electrons. The highest BCUT2D eigenvalue weighted by molar-refractivity contribution is 5.89. The lowest BCUT2D eigenvalue weighted by Gasteiger charge is -2.29. The summed E-state index contributed by atoms with van der Waals surface area (Å²) in [6.45, 7) is 14.9.